The maximum atomic E-state index is 12.6. The van der Waals surface area contributed by atoms with Gasteiger partial charge in [0, 0.05) is 16.7 Å². The Labute approximate surface area is 187 Å². The third kappa shape index (κ3) is 5.28. The van der Waals surface area contributed by atoms with E-state index in [4.69, 9.17) is 4.42 Å². The van der Waals surface area contributed by atoms with Gasteiger partial charge in [-0.25, -0.2) is 0 Å². The number of rotatable bonds is 6. The highest BCUT2D eigenvalue weighted by Gasteiger charge is 2.36. The van der Waals surface area contributed by atoms with Crippen molar-refractivity contribution in [1.82, 2.24) is 4.90 Å². The molecule has 3 amide bonds. The normalized spacial score (nSPS) is 15.0. The number of imide groups is 1. The summed E-state index contributed by atoms with van der Waals surface area (Å²) in [5.74, 6) is -0.484. The second kappa shape index (κ2) is 9.28. The lowest BCUT2D eigenvalue weighted by molar-refractivity contribution is -0.127. The van der Waals surface area contributed by atoms with E-state index in [9.17, 15) is 14.4 Å². The maximum absolute atomic E-state index is 12.6. The number of thioether (sulfide) groups is 1. The van der Waals surface area contributed by atoms with E-state index < -0.39 is 17.1 Å². The van der Waals surface area contributed by atoms with Gasteiger partial charge in [-0.3, -0.25) is 19.3 Å². The Kier molecular flexibility index (Phi) is 6.29. The number of furan rings is 1. The van der Waals surface area contributed by atoms with Crippen LogP contribution in [0.5, 0.6) is 0 Å². The first-order chi connectivity index (χ1) is 15.0. The third-order valence-corrected chi connectivity index (χ3v) is 6.18. The first kappa shape index (κ1) is 21.0. The van der Waals surface area contributed by atoms with E-state index in [0.717, 1.165) is 27.1 Å². The number of benzene rings is 2. The van der Waals surface area contributed by atoms with Crippen LogP contribution in [0.1, 0.15) is 11.3 Å². The van der Waals surface area contributed by atoms with Crippen molar-refractivity contribution >= 4 is 52.3 Å². The van der Waals surface area contributed by atoms with E-state index in [1.807, 2.05) is 55.5 Å². The lowest BCUT2D eigenvalue weighted by Crippen LogP contribution is -2.36. The van der Waals surface area contributed by atoms with Crippen LogP contribution in [0.3, 0.4) is 0 Å². The fourth-order valence-electron chi connectivity index (χ4n) is 2.82. The Balaban J connectivity index is 1.40. The predicted molar refractivity (Wildman–Crippen MR) is 122 cm³/mol. The summed E-state index contributed by atoms with van der Waals surface area (Å²) in [5, 5.41) is 2.88. The molecule has 1 fully saturated rings. The number of nitrogens with one attached hydrogen (secondary N) is 1. The molecule has 1 N–H and O–H groups in total. The van der Waals surface area contributed by atoms with Crippen molar-refractivity contribution in [3.05, 3.63) is 83.0 Å². The van der Waals surface area contributed by atoms with E-state index in [0.29, 0.717) is 16.5 Å². The zero-order chi connectivity index (χ0) is 21.8. The largest absolute Gasteiger partial charge is 0.450 e. The summed E-state index contributed by atoms with van der Waals surface area (Å²) < 4.78 is 5.75. The van der Waals surface area contributed by atoms with Crippen molar-refractivity contribution in [2.45, 2.75) is 16.9 Å². The summed E-state index contributed by atoms with van der Waals surface area (Å²) in [6.07, 6.45) is 1.53. The number of carbonyl (C=O) groups excluding carboxylic acids is 3. The van der Waals surface area contributed by atoms with Gasteiger partial charge in [-0.2, -0.15) is 0 Å². The van der Waals surface area contributed by atoms with Crippen LogP contribution in [-0.2, 0) is 9.59 Å². The minimum absolute atomic E-state index is 0.221. The molecule has 0 aliphatic carbocycles. The quantitative estimate of drug-likeness (QED) is 0.506. The molecule has 156 valence electrons. The maximum Gasteiger partial charge on any atom is 0.294 e. The molecule has 3 aromatic rings. The Hall–Kier alpha value is -3.23. The lowest BCUT2D eigenvalue weighted by atomic mass is 10.2. The molecule has 6 nitrogen and oxygen atoms in total. The van der Waals surface area contributed by atoms with Gasteiger partial charge in [-0.15, -0.1) is 0 Å². The summed E-state index contributed by atoms with van der Waals surface area (Å²) in [5.41, 5.74) is 1.68. The molecule has 8 heteroatoms. The predicted octanol–water partition coefficient (Wildman–Crippen LogP) is 5.41. The van der Waals surface area contributed by atoms with Crippen LogP contribution in [0.4, 0.5) is 10.5 Å². The van der Waals surface area contributed by atoms with Gasteiger partial charge in [0.15, 0.2) is 5.09 Å². The molecule has 4 rings (SSSR count). The van der Waals surface area contributed by atoms with Crippen LogP contribution in [-0.4, -0.2) is 28.5 Å². The minimum atomic E-state index is -0.511. The summed E-state index contributed by atoms with van der Waals surface area (Å²) in [4.78, 5) is 39.4. The molecule has 1 aliphatic rings. The van der Waals surface area contributed by atoms with Crippen LogP contribution < -0.4 is 5.32 Å². The highest BCUT2D eigenvalue weighted by atomic mass is 32.2. The second-order valence-electron chi connectivity index (χ2n) is 6.75. The molecule has 0 bridgehead atoms. The smallest absolute Gasteiger partial charge is 0.294 e. The van der Waals surface area contributed by atoms with Gasteiger partial charge < -0.3 is 9.73 Å². The van der Waals surface area contributed by atoms with E-state index in [2.05, 4.69) is 5.32 Å². The van der Waals surface area contributed by atoms with Gasteiger partial charge in [-0.1, -0.05) is 47.7 Å². The molecule has 0 unspecified atom stereocenters. The second-order valence-corrected chi connectivity index (χ2v) is 8.83. The molecule has 2 aromatic carbocycles. The summed E-state index contributed by atoms with van der Waals surface area (Å²) >= 11 is 2.25. The zero-order valence-electron chi connectivity index (χ0n) is 16.5. The Bertz CT molecular complexity index is 1150. The molecule has 1 aliphatic heterocycles. The molecular weight excluding hydrogens is 432 g/mol. The summed E-state index contributed by atoms with van der Waals surface area (Å²) in [6, 6.07) is 20.6. The van der Waals surface area contributed by atoms with E-state index >= 15 is 0 Å². The monoisotopic (exact) mass is 450 g/mol. The molecule has 0 spiro atoms. The third-order valence-electron chi connectivity index (χ3n) is 4.35. The zero-order valence-corrected chi connectivity index (χ0v) is 18.2. The van der Waals surface area contributed by atoms with Gasteiger partial charge in [0.2, 0.25) is 5.91 Å². The SMILES string of the molecule is Cc1ccc(NC(=O)CN2C(=O)SC(=Cc3ccc(Sc4ccccc4)o3)C2=O)cc1. The standard InChI is InChI=1S/C23H18N2O4S2/c1-15-7-9-16(10-8-15)24-20(26)14-25-22(27)19(31-23(25)28)13-17-11-12-21(29-17)30-18-5-3-2-4-6-18/h2-13H,14H2,1H3,(H,24,26). The van der Waals surface area contributed by atoms with E-state index in [1.54, 1.807) is 18.2 Å². The van der Waals surface area contributed by atoms with Gasteiger partial charge in [-0.05, 0) is 55.1 Å². The Morgan fingerprint density at radius 1 is 1.06 bits per heavy atom. The highest BCUT2D eigenvalue weighted by Crippen LogP contribution is 2.34. The summed E-state index contributed by atoms with van der Waals surface area (Å²) in [7, 11) is 0. The topological polar surface area (TPSA) is 79.6 Å². The number of amides is 3. The number of hydrogen-bond acceptors (Lipinski definition) is 6. The van der Waals surface area contributed by atoms with E-state index in [1.165, 1.54) is 17.8 Å². The van der Waals surface area contributed by atoms with Crippen LogP contribution in [0.15, 0.2) is 86.0 Å². The molecule has 0 atom stereocenters. The molecule has 2 heterocycles. The number of carbonyl (C=O) groups is 3. The van der Waals surface area contributed by atoms with Gasteiger partial charge in [0.05, 0.1) is 4.91 Å². The minimum Gasteiger partial charge on any atom is -0.450 e. The first-order valence-corrected chi connectivity index (χ1v) is 11.1. The van der Waals surface area contributed by atoms with Gasteiger partial charge in [0.1, 0.15) is 12.3 Å². The van der Waals surface area contributed by atoms with Crippen molar-refractivity contribution in [2.24, 2.45) is 0 Å². The van der Waals surface area contributed by atoms with Crippen LogP contribution in [0, 0.1) is 6.92 Å². The molecule has 1 saturated heterocycles. The average Bonchev–Trinajstić information content (AvgIpc) is 3.30. The lowest BCUT2D eigenvalue weighted by Gasteiger charge is -2.12. The first-order valence-electron chi connectivity index (χ1n) is 9.42. The van der Waals surface area contributed by atoms with E-state index in [-0.39, 0.29) is 11.4 Å². The Morgan fingerprint density at radius 3 is 2.55 bits per heavy atom. The number of aryl methyl sites for hydroxylation is 1. The van der Waals surface area contributed by atoms with Gasteiger partial charge in [0.25, 0.3) is 11.1 Å². The number of anilines is 1. The van der Waals surface area contributed by atoms with Crippen molar-refractivity contribution in [3.63, 3.8) is 0 Å². The van der Waals surface area contributed by atoms with Crippen molar-refractivity contribution in [3.8, 4) is 0 Å². The van der Waals surface area contributed by atoms with Crippen molar-refractivity contribution < 1.29 is 18.8 Å². The van der Waals surface area contributed by atoms with Crippen molar-refractivity contribution in [2.75, 3.05) is 11.9 Å². The summed E-state index contributed by atoms with van der Waals surface area (Å²) in [6.45, 7) is 1.60. The van der Waals surface area contributed by atoms with Crippen molar-refractivity contribution in [1.29, 1.82) is 0 Å². The van der Waals surface area contributed by atoms with Crippen LogP contribution >= 0.6 is 23.5 Å². The fourth-order valence-corrected chi connectivity index (χ4v) is 4.44. The highest BCUT2D eigenvalue weighted by molar-refractivity contribution is 8.18. The molecule has 31 heavy (non-hydrogen) atoms. The number of hydrogen-bond donors (Lipinski definition) is 1. The fraction of sp³-hybridized carbons (Fsp3) is 0.0870. The van der Waals surface area contributed by atoms with Crippen LogP contribution in [0.2, 0.25) is 0 Å². The Morgan fingerprint density at radius 2 is 1.81 bits per heavy atom. The number of nitrogens with zero attached hydrogens (tertiary/aromatic N) is 1. The molecule has 0 radical (unpaired) electrons. The average molecular weight is 451 g/mol. The molecule has 0 saturated carbocycles. The van der Waals surface area contributed by atoms with Crippen LogP contribution in [0.25, 0.3) is 6.08 Å². The molecular formula is C23H18N2O4S2. The van der Waals surface area contributed by atoms with Gasteiger partial charge >= 0.3 is 0 Å². The molecule has 1 aromatic heterocycles.